The second kappa shape index (κ2) is 3.59. The molecule has 0 aromatic heterocycles. The molecule has 0 aliphatic rings. The molecule has 0 aliphatic carbocycles. The van der Waals surface area contributed by atoms with E-state index in [2.05, 4.69) is 0 Å². The smallest absolute Gasteiger partial charge is 0.337 e. The van der Waals surface area contributed by atoms with Crippen LogP contribution in [0.2, 0.25) is 5.02 Å². The highest BCUT2D eigenvalue weighted by molar-refractivity contribution is 6.33. The standard InChI is InChI=1S/C7H3ClFNO4/c8-6-4(7(11)12)1-3(10(13)14)2-5(6)9/h1-2H,(H,11,12). The zero-order chi connectivity index (χ0) is 10.9. The Morgan fingerprint density at radius 1 is 1.57 bits per heavy atom. The van der Waals surface area contributed by atoms with Gasteiger partial charge in [-0.3, -0.25) is 10.1 Å². The number of nitro benzene ring substituents is 1. The number of carboxylic acid groups (broad SMARTS) is 1. The van der Waals surface area contributed by atoms with Gasteiger partial charge in [0.25, 0.3) is 5.69 Å². The summed E-state index contributed by atoms with van der Waals surface area (Å²) in [5.74, 6) is -2.64. The van der Waals surface area contributed by atoms with E-state index in [9.17, 15) is 19.3 Å². The molecule has 0 fully saturated rings. The zero-order valence-corrected chi connectivity index (χ0v) is 7.29. The van der Waals surface area contributed by atoms with Crippen LogP contribution in [0.5, 0.6) is 0 Å². The van der Waals surface area contributed by atoms with Crippen LogP contribution in [0, 0.1) is 15.9 Å². The summed E-state index contributed by atoms with van der Waals surface area (Å²) in [7, 11) is 0. The Labute approximate surface area is 81.9 Å². The molecule has 0 saturated heterocycles. The van der Waals surface area contributed by atoms with Crippen LogP contribution >= 0.6 is 11.6 Å². The van der Waals surface area contributed by atoms with Crippen LogP contribution in [0.25, 0.3) is 0 Å². The average molecular weight is 220 g/mol. The lowest BCUT2D eigenvalue weighted by Gasteiger charge is -1.99. The van der Waals surface area contributed by atoms with Gasteiger partial charge in [-0.25, -0.2) is 9.18 Å². The van der Waals surface area contributed by atoms with Crippen molar-refractivity contribution in [3.63, 3.8) is 0 Å². The lowest BCUT2D eigenvalue weighted by molar-refractivity contribution is -0.385. The highest BCUT2D eigenvalue weighted by Gasteiger charge is 2.19. The van der Waals surface area contributed by atoms with E-state index in [-0.39, 0.29) is 0 Å². The molecule has 74 valence electrons. The fraction of sp³-hybridized carbons (Fsp3) is 0. The average Bonchev–Trinajstić information content (AvgIpc) is 2.08. The van der Waals surface area contributed by atoms with Gasteiger partial charge < -0.3 is 5.11 Å². The third kappa shape index (κ3) is 1.80. The number of nitrogens with zero attached hydrogens (tertiary/aromatic N) is 1. The van der Waals surface area contributed by atoms with Gasteiger partial charge in [-0.1, -0.05) is 11.6 Å². The maximum atomic E-state index is 12.9. The molecule has 1 N–H and O–H groups in total. The lowest BCUT2D eigenvalue weighted by atomic mass is 10.2. The maximum Gasteiger partial charge on any atom is 0.337 e. The Morgan fingerprint density at radius 3 is 2.57 bits per heavy atom. The first-order valence-corrected chi connectivity index (χ1v) is 3.68. The fourth-order valence-corrected chi connectivity index (χ4v) is 1.03. The van der Waals surface area contributed by atoms with E-state index in [0.717, 1.165) is 0 Å². The van der Waals surface area contributed by atoms with Crippen molar-refractivity contribution in [2.75, 3.05) is 0 Å². The molecule has 5 nitrogen and oxygen atoms in total. The van der Waals surface area contributed by atoms with Crippen molar-refractivity contribution >= 4 is 23.3 Å². The minimum atomic E-state index is -1.52. The molecule has 0 unspecified atom stereocenters. The van der Waals surface area contributed by atoms with Gasteiger partial charge >= 0.3 is 5.97 Å². The molecule has 14 heavy (non-hydrogen) atoms. The van der Waals surface area contributed by atoms with Crippen LogP contribution in [0.15, 0.2) is 12.1 Å². The van der Waals surface area contributed by atoms with Gasteiger partial charge in [0.05, 0.1) is 21.6 Å². The Hall–Kier alpha value is -1.69. The van der Waals surface area contributed by atoms with Crippen LogP contribution in [-0.4, -0.2) is 16.0 Å². The number of hydrogen-bond acceptors (Lipinski definition) is 3. The van der Waals surface area contributed by atoms with Crippen molar-refractivity contribution in [3.8, 4) is 0 Å². The monoisotopic (exact) mass is 219 g/mol. The molecule has 0 amide bonds. The van der Waals surface area contributed by atoms with Gasteiger partial charge in [0.15, 0.2) is 0 Å². The zero-order valence-electron chi connectivity index (χ0n) is 6.53. The number of nitro groups is 1. The first kappa shape index (κ1) is 10.4. The van der Waals surface area contributed by atoms with Crippen molar-refractivity contribution in [2.24, 2.45) is 0 Å². The van der Waals surface area contributed by atoms with Gasteiger partial charge in [-0.15, -0.1) is 0 Å². The van der Waals surface area contributed by atoms with Gasteiger partial charge in [0.2, 0.25) is 0 Å². The number of carbonyl (C=O) groups is 1. The minimum absolute atomic E-state index is 0.564. The Kier molecular flexibility index (Phi) is 2.66. The first-order valence-electron chi connectivity index (χ1n) is 3.30. The van der Waals surface area contributed by atoms with E-state index in [1.807, 2.05) is 0 Å². The summed E-state index contributed by atoms with van der Waals surface area (Å²) >= 11 is 5.29. The van der Waals surface area contributed by atoms with Crippen molar-refractivity contribution < 1.29 is 19.2 Å². The number of hydrogen-bond donors (Lipinski definition) is 1. The van der Waals surface area contributed by atoms with Crippen LogP contribution in [-0.2, 0) is 0 Å². The summed E-state index contributed by atoms with van der Waals surface area (Å²) in [5, 5.41) is 18.1. The quantitative estimate of drug-likeness (QED) is 0.610. The number of rotatable bonds is 2. The third-order valence-electron chi connectivity index (χ3n) is 1.45. The molecule has 0 heterocycles. The summed E-state index contributed by atoms with van der Waals surface area (Å²) in [6, 6.07) is 1.27. The van der Waals surface area contributed by atoms with E-state index in [1.54, 1.807) is 0 Å². The summed E-state index contributed by atoms with van der Waals surface area (Å²) in [6.45, 7) is 0. The molecule has 0 saturated carbocycles. The summed E-state index contributed by atoms with van der Waals surface area (Å²) in [5.41, 5.74) is -1.28. The van der Waals surface area contributed by atoms with Gasteiger partial charge in [0, 0.05) is 6.07 Å². The van der Waals surface area contributed by atoms with Crippen LogP contribution in [0.3, 0.4) is 0 Å². The van der Waals surface area contributed by atoms with E-state index in [4.69, 9.17) is 16.7 Å². The maximum absolute atomic E-state index is 12.9. The Morgan fingerprint density at radius 2 is 2.14 bits per heavy atom. The largest absolute Gasteiger partial charge is 0.478 e. The molecule has 1 rings (SSSR count). The number of carboxylic acids is 1. The summed E-state index contributed by atoms with van der Waals surface area (Å²) in [6.07, 6.45) is 0. The molecule has 0 radical (unpaired) electrons. The van der Waals surface area contributed by atoms with Crippen molar-refractivity contribution in [2.45, 2.75) is 0 Å². The third-order valence-corrected chi connectivity index (χ3v) is 1.84. The molecule has 1 aromatic carbocycles. The van der Waals surface area contributed by atoms with Crippen molar-refractivity contribution in [1.82, 2.24) is 0 Å². The highest BCUT2D eigenvalue weighted by Crippen LogP contribution is 2.25. The van der Waals surface area contributed by atoms with Crippen LogP contribution < -0.4 is 0 Å². The second-order valence-corrected chi connectivity index (χ2v) is 2.73. The van der Waals surface area contributed by atoms with E-state index in [1.165, 1.54) is 0 Å². The van der Waals surface area contributed by atoms with Crippen molar-refractivity contribution in [1.29, 1.82) is 0 Å². The summed E-state index contributed by atoms with van der Waals surface area (Å²) < 4.78 is 12.9. The number of halogens is 2. The highest BCUT2D eigenvalue weighted by atomic mass is 35.5. The number of non-ortho nitro benzene ring substituents is 1. The normalized spacial score (nSPS) is 9.86. The topological polar surface area (TPSA) is 80.4 Å². The van der Waals surface area contributed by atoms with Crippen molar-refractivity contribution in [3.05, 3.63) is 38.7 Å². The van der Waals surface area contributed by atoms with E-state index in [0.29, 0.717) is 12.1 Å². The fourth-order valence-electron chi connectivity index (χ4n) is 0.836. The Bertz CT molecular complexity index is 420. The molecule has 0 spiro atoms. The number of aromatic carboxylic acids is 1. The van der Waals surface area contributed by atoms with E-state index >= 15 is 0 Å². The van der Waals surface area contributed by atoms with Gasteiger partial charge in [-0.05, 0) is 0 Å². The van der Waals surface area contributed by atoms with E-state index < -0.39 is 33.0 Å². The lowest BCUT2D eigenvalue weighted by Crippen LogP contribution is -2.01. The van der Waals surface area contributed by atoms with Crippen LogP contribution in [0.4, 0.5) is 10.1 Å². The number of benzene rings is 1. The molecular weight excluding hydrogens is 217 g/mol. The van der Waals surface area contributed by atoms with Gasteiger partial charge in [0.1, 0.15) is 5.82 Å². The predicted molar refractivity (Wildman–Crippen MR) is 45.0 cm³/mol. The molecule has 7 heteroatoms. The first-order chi connectivity index (χ1) is 6.43. The molecular formula is C7H3ClFNO4. The molecule has 1 aromatic rings. The van der Waals surface area contributed by atoms with Crippen LogP contribution in [0.1, 0.15) is 10.4 Å². The molecule has 0 bridgehead atoms. The van der Waals surface area contributed by atoms with Gasteiger partial charge in [-0.2, -0.15) is 0 Å². The Balaban J connectivity index is 3.43. The summed E-state index contributed by atoms with van der Waals surface area (Å²) in [4.78, 5) is 19.8. The predicted octanol–water partition coefficient (Wildman–Crippen LogP) is 2.09. The SMILES string of the molecule is O=C(O)c1cc([N+](=O)[O-])cc(F)c1Cl. The molecule has 0 aliphatic heterocycles. The molecule has 0 atom stereocenters. The second-order valence-electron chi connectivity index (χ2n) is 2.35. The minimum Gasteiger partial charge on any atom is -0.478 e.